The molecule has 1 aliphatic heterocycles. The maximum atomic E-state index is 12.6. The second kappa shape index (κ2) is 6.40. The topological polar surface area (TPSA) is 115 Å². The smallest absolute Gasteiger partial charge is 0.337 e. The summed E-state index contributed by atoms with van der Waals surface area (Å²) in [6, 6.07) is 4.94. The standard InChI is InChI=1S/C18H17N3O5/c22-14(9-21-3-5-26-6-4-21)10-1-2-13-11(7-10)15-12(18(24)25)8-19-16(15)17(23)20-13/h1-2,7-8,19H,3-6,9H2,(H,20,23)(H,24,25). The Hall–Kier alpha value is -2.97. The number of pyridine rings is 1. The number of nitrogens with one attached hydrogen (secondary N) is 2. The summed E-state index contributed by atoms with van der Waals surface area (Å²) >= 11 is 0. The Morgan fingerprint density at radius 2 is 2.00 bits per heavy atom. The van der Waals surface area contributed by atoms with Gasteiger partial charge in [-0.05, 0) is 18.2 Å². The van der Waals surface area contributed by atoms with Gasteiger partial charge in [-0.3, -0.25) is 14.5 Å². The molecule has 2 aromatic heterocycles. The summed E-state index contributed by atoms with van der Waals surface area (Å²) in [6.07, 6.45) is 1.30. The number of carboxylic acid groups (broad SMARTS) is 1. The second-order valence-corrected chi connectivity index (χ2v) is 6.28. The highest BCUT2D eigenvalue weighted by Crippen LogP contribution is 2.26. The Kier molecular flexibility index (Phi) is 4.06. The minimum Gasteiger partial charge on any atom is -0.478 e. The van der Waals surface area contributed by atoms with Crippen LogP contribution in [0.5, 0.6) is 0 Å². The number of ketones is 1. The quantitative estimate of drug-likeness (QED) is 0.606. The minimum absolute atomic E-state index is 0.00822. The van der Waals surface area contributed by atoms with Crippen molar-refractivity contribution in [2.24, 2.45) is 0 Å². The van der Waals surface area contributed by atoms with E-state index in [1.54, 1.807) is 18.2 Å². The molecule has 3 heterocycles. The van der Waals surface area contributed by atoms with E-state index >= 15 is 0 Å². The van der Waals surface area contributed by atoms with E-state index in [1.165, 1.54) is 6.20 Å². The minimum atomic E-state index is -1.13. The Bertz CT molecular complexity index is 1080. The van der Waals surface area contributed by atoms with Crippen LogP contribution >= 0.6 is 0 Å². The van der Waals surface area contributed by atoms with Gasteiger partial charge in [-0.15, -0.1) is 0 Å². The summed E-state index contributed by atoms with van der Waals surface area (Å²) in [4.78, 5) is 43.7. The molecule has 1 fully saturated rings. The summed E-state index contributed by atoms with van der Waals surface area (Å²) < 4.78 is 5.28. The van der Waals surface area contributed by atoms with Crippen molar-refractivity contribution < 1.29 is 19.4 Å². The average Bonchev–Trinajstić information content (AvgIpc) is 3.09. The molecule has 0 amide bonds. The number of H-pyrrole nitrogens is 2. The van der Waals surface area contributed by atoms with E-state index in [1.807, 2.05) is 4.90 Å². The number of nitrogens with zero attached hydrogens (tertiary/aromatic N) is 1. The van der Waals surface area contributed by atoms with Crippen LogP contribution in [-0.2, 0) is 4.74 Å². The molecular weight excluding hydrogens is 338 g/mol. The molecule has 134 valence electrons. The van der Waals surface area contributed by atoms with Gasteiger partial charge in [0.2, 0.25) is 0 Å². The van der Waals surface area contributed by atoms with Crippen LogP contribution in [0, 0.1) is 0 Å². The third kappa shape index (κ3) is 2.79. The second-order valence-electron chi connectivity index (χ2n) is 6.28. The lowest BCUT2D eigenvalue weighted by Gasteiger charge is -2.25. The fourth-order valence-corrected chi connectivity index (χ4v) is 3.32. The van der Waals surface area contributed by atoms with Crippen molar-refractivity contribution in [3.8, 4) is 0 Å². The van der Waals surface area contributed by atoms with E-state index in [-0.39, 0.29) is 23.4 Å². The van der Waals surface area contributed by atoms with Crippen LogP contribution in [0.15, 0.2) is 29.2 Å². The lowest BCUT2D eigenvalue weighted by atomic mass is 10.0. The van der Waals surface area contributed by atoms with Gasteiger partial charge in [0, 0.05) is 41.1 Å². The van der Waals surface area contributed by atoms with Crippen LogP contribution in [0.4, 0.5) is 0 Å². The first-order valence-electron chi connectivity index (χ1n) is 8.28. The lowest BCUT2D eigenvalue weighted by molar-refractivity contribution is 0.0371. The maximum absolute atomic E-state index is 12.6. The first-order valence-corrected chi connectivity index (χ1v) is 8.28. The van der Waals surface area contributed by atoms with Crippen molar-refractivity contribution in [2.45, 2.75) is 0 Å². The molecule has 0 radical (unpaired) electrons. The van der Waals surface area contributed by atoms with E-state index in [4.69, 9.17) is 4.74 Å². The van der Waals surface area contributed by atoms with Gasteiger partial charge in [0.15, 0.2) is 5.78 Å². The van der Waals surface area contributed by atoms with E-state index in [0.29, 0.717) is 48.2 Å². The molecule has 1 saturated heterocycles. The van der Waals surface area contributed by atoms with Crippen LogP contribution in [-0.4, -0.2) is 64.6 Å². The van der Waals surface area contributed by atoms with Gasteiger partial charge in [0.1, 0.15) is 5.52 Å². The van der Waals surface area contributed by atoms with Gasteiger partial charge in [0.25, 0.3) is 5.56 Å². The van der Waals surface area contributed by atoms with E-state index < -0.39 is 11.5 Å². The molecule has 8 heteroatoms. The van der Waals surface area contributed by atoms with E-state index in [2.05, 4.69) is 9.97 Å². The molecule has 0 bridgehead atoms. The Balaban J connectivity index is 1.80. The number of aromatic amines is 2. The number of hydrogen-bond acceptors (Lipinski definition) is 5. The number of ether oxygens (including phenoxy) is 1. The normalized spacial score (nSPS) is 15.5. The Morgan fingerprint density at radius 3 is 2.73 bits per heavy atom. The van der Waals surface area contributed by atoms with Crippen LogP contribution < -0.4 is 5.56 Å². The molecule has 1 aromatic carbocycles. The number of carbonyl (C=O) groups excluding carboxylic acids is 1. The van der Waals surface area contributed by atoms with Gasteiger partial charge in [-0.2, -0.15) is 0 Å². The molecule has 0 unspecified atom stereocenters. The van der Waals surface area contributed by atoms with Gasteiger partial charge in [-0.25, -0.2) is 4.79 Å². The zero-order valence-corrected chi connectivity index (χ0v) is 13.9. The molecular formula is C18H17N3O5. The van der Waals surface area contributed by atoms with Crippen molar-refractivity contribution >= 4 is 33.6 Å². The van der Waals surface area contributed by atoms with Crippen molar-refractivity contribution in [3.05, 3.63) is 45.9 Å². The van der Waals surface area contributed by atoms with Gasteiger partial charge >= 0.3 is 5.97 Å². The predicted octanol–water partition coefficient (Wildman–Crippen LogP) is 1.22. The molecule has 0 aliphatic carbocycles. The number of hydrogen-bond donors (Lipinski definition) is 3. The Morgan fingerprint density at radius 1 is 1.23 bits per heavy atom. The maximum Gasteiger partial charge on any atom is 0.337 e. The summed E-state index contributed by atoms with van der Waals surface area (Å²) in [7, 11) is 0. The first-order chi connectivity index (χ1) is 12.5. The molecule has 3 N–H and O–H groups in total. The van der Waals surface area contributed by atoms with Gasteiger partial charge in [0.05, 0.1) is 25.3 Å². The molecule has 1 aliphatic rings. The highest BCUT2D eigenvalue weighted by molar-refractivity contribution is 6.16. The van der Waals surface area contributed by atoms with Crippen molar-refractivity contribution in [2.75, 3.05) is 32.8 Å². The number of aromatic carboxylic acids is 1. The molecule has 4 rings (SSSR count). The molecule has 0 saturated carbocycles. The van der Waals surface area contributed by atoms with E-state index in [9.17, 15) is 19.5 Å². The van der Waals surface area contributed by atoms with Crippen LogP contribution in [0.3, 0.4) is 0 Å². The summed E-state index contributed by atoms with van der Waals surface area (Å²) in [5, 5.41) is 10.2. The summed E-state index contributed by atoms with van der Waals surface area (Å²) in [5.74, 6) is -1.19. The molecule has 0 spiro atoms. The van der Waals surface area contributed by atoms with E-state index in [0.717, 1.165) is 0 Å². The van der Waals surface area contributed by atoms with Gasteiger partial charge < -0.3 is 19.8 Å². The third-order valence-electron chi connectivity index (χ3n) is 4.67. The largest absolute Gasteiger partial charge is 0.478 e. The number of morpholine rings is 1. The molecule has 0 atom stereocenters. The van der Waals surface area contributed by atoms with Crippen molar-refractivity contribution in [1.82, 2.24) is 14.9 Å². The molecule has 8 nitrogen and oxygen atoms in total. The predicted molar refractivity (Wildman–Crippen MR) is 95.0 cm³/mol. The SMILES string of the molecule is O=C(CN1CCOCC1)c1ccc2[nH]c(=O)c3[nH]cc(C(=O)O)c3c2c1. The van der Waals surface area contributed by atoms with Crippen molar-refractivity contribution in [3.63, 3.8) is 0 Å². The highest BCUT2D eigenvalue weighted by atomic mass is 16.5. The number of benzene rings is 1. The third-order valence-corrected chi connectivity index (χ3v) is 4.67. The molecule has 3 aromatic rings. The Labute approximate surface area is 147 Å². The van der Waals surface area contributed by atoms with Crippen molar-refractivity contribution in [1.29, 1.82) is 0 Å². The number of rotatable bonds is 4. The first kappa shape index (κ1) is 16.5. The summed E-state index contributed by atoms with van der Waals surface area (Å²) in [5.41, 5.74) is 0.774. The van der Waals surface area contributed by atoms with Crippen LogP contribution in [0.25, 0.3) is 21.8 Å². The number of carboxylic acids is 1. The number of aromatic nitrogens is 2. The van der Waals surface area contributed by atoms with Crippen LogP contribution in [0.2, 0.25) is 0 Å². The fraction of sp³-hybridized carbons (Fsp3) is 0.278. The number of Topliss-reactive ketones (excluding diaryl/α,β-unsaturated/α-hetero) is 1. The molecule has 26 heavy (non-hydrogen) atoms. The zero-order chi connectivity index (χ0) is 18.3. The number of fused-ring (bicyclic) bond motifs is 3. The number of carbonyl (C=O) groups is 2. The highest BCUT2D eigenvalue weighted by Gasteiger charge is 2.19. The monoisotopic (exact) mass is 355 g/mol. The summed E-state index contributed by atoms with van der Waals surface area (Å²) in [6.45, 7) is 2.91. The fourth-order valence-electron chi connectivity index (χ4n) is 3.32. The average molecular weight is 355 g/mol. The lowest BCUT2D eigenvalue weighted by Crippen LogP contribution is -2.39. The van der Waals surface area contributed by atoms with Gasteiger partial charge in [-0.1, -0.05) is 0 Å². The van der Waals surface area contributed by atoms with Crippen LogP contribution in [0.1, 0.15) is 20.7 Å². The zero-order valence-electron chi connectivity index (χ0n) is 13.9.